The van der Waals surface area contributed by atoms with E-state index >= 15 is 0 Å². The van der Waals surface area contributed by atoms with Crippen molar-refractivity contribution in [2.75, 3.05) is 13.6 Å². The van der Waals surface area contributed by atoms with E-state index in [0.29, 0.717) is 6.42 Å². The Morgan fingerprint density at radius 2 is 1.76 bits per heavy atom. The van der Waals surface area contributed by atoms with Crippen LogP contribution in [0.5, 0.6) is 0 Å². The van der Waals surface area contributed by atoms with E-state index in [1.807, 2.05) is 0 Å². The molecule has 0 aliphatic heterocycles. The SMILES string of the molecule is CNS(=O)(=O)c1ccc(CCC(=O)NCCC(=O)O)cc1. The van der Waals surface area contributed by atoms with Crippen LogP contribution in [0.2, 0.25) is 0 Å². The second kappa shape index (κ2) is 7.75. The quantitative estimate of drug-likeness (QED) is 0.631. The van der Waals surface area contributed by atoms with Crippen LogP contribution in [0.15, 0.2) is 29.2 Å². The molecule has 1 rings (SSSR count). The van der Waals surface area contributed by atoms with E-state index in [0.717, 1.165) is 5.56 Å². The summed E-state index contributed by atoms with van der Waals surface area (Å²) in [6, 6.07) is 6.25. The second-order valence-electron chi connectivity index (χ2n) is 4.35. The smallest absolute Gasteiger partial charge is 0.305 e. The number of carboxylic acids is 1. The van der Waals surface area contributed by atoms with E-state index in [4.69, 9.17) is 5.11 Å². The first kappa shape index (κ1) is 17.1. The van der Waals surface area contributed by atoms with Gasteiger partial charge in [0.2, 0.25) is 15.9 Å². The summed E-state index contributed by atoms with van der Waals surface area (Å²) >= 11 is 0. The van der Waals surface area contributed by atoms with Crippen molar-refractivity contribution in [3.05, 3.63) is 29.8 Å². The molecule has 1 amide bonds. The topological polar surface area (TPSA) is 113 Å². The number of benzene rings is 1. The van der Waals surface area contributed by atoms with Crippen LogP contribution in [0.1, 0.15) is 18.4 Å². The van der Waals surface area contributed by atoms with Crippen molar-refractivity contribution in [3.8, 4) is 0 Å². The average molecular weight is 314 g/mol. The van der Waals surface area contributed by atoms with Crippen molar-refractivity contribution >= 4 is 21.9 Å². The average Bonchev–Trinajstić information content (AvgIpc) is 2.45. The molecule has 0 aliphatic rings. The molecule has 7 nitrogen and oxygen atoms in total. The van der Waals surface area contributed by atoms with Crippen LogP contribution in [0.25, 0.3) is 0 Å². The molecular formula is C13H18N2O5S. The predicted octanol–water partition coefficient (Wildman–Crippen LogP) is 0.118. The van der Waals surface area contributed by atoms with Crippen LogP contribution in [0.3, 0.4) is 0 Å². The third kappa shape index (κ3) is 5.92. The molecule has 0 heterocycles. The lowest BCUT2D eigenvalue weighted by Gasteiger charge is -2.05. The number of carboxylic acid groups (broad SMARTS) is 1. The minimum Gasteiger partial charge on any atom is -0.481 e. The fourth-order valence-corrected chi connectivity index (χ4v) is 2.34. The lowest BCUT2D eigenvalue weighted by molar-refractivity contribution is -0.136. The number of hydrogen-bond donors (Lipinski definition) is 3. The fraction of sp³-hybridized carbons (Fsp3) is 0.385. The standard InChI is InChI=1S/C13H18N2O5S/c1-14-21(19,20)11-5-2-10(3-6-11)4-7-12(16)15-9-8-13(17)18/h2-3,5-6,14H,4,7-9H2,1H3,(H,15,16)(H,17,18). The molecule has 0 spiro atoms. The summed E-state index contributed by atoms with van der Waals surface area (Å²) in [5.74, 6) is -1.19. The molecule has 21 heavy (non-hydrogen) atoms. The van der Waals surface area contributed by atoms with Crippen molar-refractivity contribution in [1.29, 1.82) is 0 Å². The number of sulfonamides is 1. The largest absolute Gasteiger partial charge is 0.481 e. The summed E-state index contributed by atoms with van der Waals surface area (Å²) in [5.41, 5.74) is 0.832. The summed E-state index contributed by atoms with van der Waals surface area (Å²) < 4.78 is 25.3. The van der Waals surface area contributed by atoms with Gasteiger partial charge in [0.25, 0.3) is 0 Å². The molecule has 1 aromatic carbocycles. The Labute approximate surface area is 123 Å². The van der Waals surface area contributed by atoms with Crippen molar-refractivity contribution in [2.45, 2.75) is 24.2 Å². The number of amides is 1. The molecule has 0 saturated carbocycles. The van der Waals surface area contributed by atoms with Gasteiger partial charge in [-0.3, -0.25) is 9.59 Å². The highest BCUT2D eigenvalue weighted by atomic mass is 32.2. The van der Waals surface area contributed by atoms with Gasteiger partial charge < -0.3 is 10.4 Å². The number of carbonyl (C=O) groups excluding carboxylic acids is 1. The highest BCUT2D eigenvalue weighted by molar-refractivity contribution is 7.89. The molecule has 0 unspecified atom stereocenters. The molecular weight excluding hydrogens is 296 g/mol. The number of carbonyl (C=O) groups is 2. The summed E-state index contributed by atoms with van der Waals surface area (Å²) in [4.78, 5) is 21.9. The Morgan fingerprint density at radius 3 is 2.29 bits per heavy atom. The van der Waals surface area contributed by atoms with Gasteiger partial charge in [0.05, 0.1) is 11.3 Å². The molecule has 0 aliphatic carbocycles. The molecule has 0 aromatic heterocycles. The first-order chi connectivity index (χ1) is 9.85. The summed E-state index contributed by atoms with van der Waals surface area (Å²) in [6.45, 7) is 0.105. The van der Waals surface area contributed by atoms with Crippen LogP contribution in [-0.2, 0) is 26.0 Å². The normalized spacial score (nSPS) is 11.1. The highest BCUT2D eigenvalue weighted by Crippen LogP contribution is 2.11. The minimum absolute atomic E-state index is 0.105. The van der Waals surface area contributed by atoms with Gasteiger partial charge in [-0.15, -0.1) is 0 Å². The predicted molar refractivity (Wildman–Crippen MR) is 76.3 cm³/mol. The Balaban J connectivity index is 2.46. The lowest BCUT2D eigenvalue weighted by Crippen LogP contribution is -2.26. The van der Waals surface area contributed by atoms with E-state index < -0.39 is 16.0 Å². The molecule has 0 saturated heterocycles. The molecule has 0 bridgehead atoms. The number of hydrogen-bond acceptors (Lipinski definition) is 4. The van der Waals surface area contributed by atoms with Crippen molar-refractivity contribution in [3.63, 3.8) is 0 Å². The van der Waals surface area contributed by atoms with Gasteiger partial charge >= 0.3 is 5.97 Å². The van der Waals surface area contributed by atoms with E-state index in [9.17, 15) is 18.0 Å². The van der Waals surface area contributed by atoms with Crippen LogP contribution in [0.4, 0.5) is 0 Å². The zero-order chi connectivity index (χ0) is 15.9. The van der Waals surface area contributed by atoms with Crippen LogP contribution in [-0.4, -0.2) is 39.0 Å². The number of rotatable bonds is 8. The molecule has 1 aromatic rings. The van der Waals surface area contributed by atoms with Crippen molar-refractivity contribution < 1.29 is 23.1 Å². The van der Waals surface area contributed by atoms with Crippen LogP contribution < -0.4 is 10.0 Å². The fourth-order valence-electron chi connectivity index (χ4n) is 1.61. The zero-order valence-corrected chi connectivity index (χ0v) is 12.4. The second-order valence-corrected chi connectivity index (χ2v) is 6.23. The molecule has 116 valence electrons. The number of nitrogens with one attached hydrogen (secondary N) is 2. The van der Waals surface area contributed by atoms with Crippen molar-refractivity contribution in [1.82, 2.24) is 10.0 Å². The maximum absolute atomic E-state index is 11.5. The summed E-state index contributed by atoms with van der Waals surface area (Å²) in [6.07, 6.45) is 0.568. The molecule has 8 heteroatoms. The van der Waals surface area contributed by atoms with E-state index in [1.54, 1.807) is 12.1 Å². The van der Waals surface area contributed by atoms with E-state index in [1.165, 1.54) is 19.2 Å². The molecule has 0 atom stereocenters. The monoisotopic (exact) mass is 314 g/mol. The summed E-state index contributed by atoms with van der Waals surface area (Å²) in [7, 11) is -2.11. The maximum atomic E-state index is 11.5. The van der Waals surface area contributed by atoms with Gasteiger partial charge in [0, 0.05) is 13.0 Å². The Morgan fingerprint density at radius 1 is 1.14 bits per heavy atom. The Hall–Kier alpha value is -1.93. The Kier molecular flexibility index (Phi) is 6.32. The number of aryl methyl sites for hydroxylation is 1. The van der Waals surface area contributed by atoms with Gasteiger partial charge in [-0.1, -0.05) is 12.1 Å². The van der Waals surface area contributed by atoms with Gasteiger partial charge in [-0.2, -0.15) is 0 Å². The van der Waals surface area contributed by atoms with Crippen LogP contribution >= 0.6 is 0 Å². The summed E-state index contributed by atoms with van der Waals surface area (Å²) in [5, 5.41) is 10.9. The first-order valence-electron chi connectivity index (χ1n) is 6.36. The first-order valence-corrected chi connectivity index (χ1v) is 7.84. The minimum atomic E-state index is -3.45. The van der Waals surface area contributed by atoms with Gasteiger partial charge in [0.15, 0.2) is 0 Å². The number of aliphatic carboxylic acids is 1. The maximum Gasteiger partial charge on any atom is 0.305 e. The third-order valence-corrected chi connectivity index (χ3v) is 4.23. The van der Waals surface area contributed by atoms with Gasteiger partial charge in [-0.25, -0.2) is 13.1 Å². The van der Waals surface area contributed by atoms with Gasteiger partial charge in [-0.05, 0) is 31.2 Å². The van der Waals surface area contributed by atoms with E-state index in [-0.39, 0.29) is 30.2 Å². The lowest BCUT2D eigenvalue weighted by atomic mass is 10.1. The Bertz CT molecular complexity index is 595. The highest BCUT2D eigenvalue weighted by Gasteiger charge is 2.10. The third-order valence-electron chi connectivity index (χ3n) is 2.80. The van der Waals surface area contributed by atoms with Crippen molar-refractivity contribution in [2.24, 2.45) is 0 Å². The van der Waals surface area contributed by atoms with E-state index in [2.05, 4.69) is 10.0 Å². The van der Waals surface area contributed by atoms with Gasteiger partial charge in [0.1, 0.15) is 0 Å². The van der Waals surface area contributed by atoms with Crippen LogP contribution in [0, 0.1) is 0 Å². The molecule has 3 N–H and O–H groups in total. The molecule has 0 fully saturated rings. The zero-order valence-electron chi connectivity index (χ0n) is 11.6. The molecule has 0 radical (unpaired) electrons.